The van der Waals surface area contributed by atoms with Gasteiger partial charge in [-0.05, 0) is 31.2 Å². The largest absolute Gasteiger partial charge is 0.498 e. The Hall–Kier alpha value is -2.83. The van der Waals surface area contributed by atoms with Crippen LogP contribution >= 0.6 is 0 Å². The molecule has 0 unspecified atom stereocenters. The number of carbonyl (C=O) groups is 1. The normalized spacial score (nSPS) is 11.6. The van der Waals surface area contributed by atoms with Gasteiger partial charge in [-0.1, -0.05) is 6.07 Å². The zero-order chi connectivity index (χ0) is 18.4. The topological polar surface area (TPSA) is 63.8 Å². The van der Waals surface area contributed by atoms with Crippen LogP contribution in [0.3, 0.4) is 0 Å². The van der Waals surface area contributed by atoms with Crippen LogP contribution in [0.2, 0.25) is 0 Å². The molecule has 1 aromatic carbocycles. The Balaban J connectivity index is 2.12. The van der Waals surface area contributed by atoms with Gasteiger partial charge in [0, 0.05) is 11.8 Å². The summed E-state index contributed by atoms with van der Waals surface area (Å²) in [6.07, 6.45) is 1.46. The average Bonchev–Trinajstić information content (AvgIpc) is 2.83. The second-order valence-electron chi connectivity index (χ2n) is 5.41. The highest BCUT2D eigenvalue weighted by Crippen LogP contribution is 2.30. The number of fused-ring (bicyclic) bond motifs is 1. The molecule has 0 fully saturated rings. The minimum absolute atomic E-state index is 0.0225. The molecule has 0 saturated heterocycles. The summed E-state index contributed by atoms with van der Waals surface area (Å²) in [5, 5.41) is 6.94. The zero-order valence-corrected chi connectivity index (χ0v) is 13.0. The minimum Gasteiger partial charge on any atom is -0.498 e. The number of imidazole rings is 1. The lowest BCUT2D eigenvalue weighted by molar-refractivity contribution is 0.0688. The summed E-state index contributed by atoms with van der Waals surface area (Å²) < 4.78 is 34.6. The van der Waals surface area contributed by atoms with Crippen LogP contribution in [-0.4, -0.2) is 36.2 Å². The van der Waals surface area contributed by atoms with Crippen LogP contribution in [0.4, 0.5) is 8.78 Å². The molecule has 0 spiro atoms. The minimum atomic E-state index is -2.33. The van der Waals surface area contributed by atoms with Gasteiger partial charge >= 0.3 is 5.97 Å². The molecule has 3 rings (SSSR count). The van der Waals surface area contributed by atoms with Gasteiger partial charge in [0.05, 0.1) is 11.1 Å². The lowest BCUT2D eigenvalue weighted by atomic mass is 9.60. The highest BCUT2D eigenvalue weighted by Gasteiger charge is 2.30. The van der Waals surface area contributed by atoms with Crippen LogP contribution in [0.15, 0.2) is 36.5 Å². The van der Waals surface area contributed by atoms with E-state index in [4.69, 9.17) is 20.4 Å². The quantitative estimate of drug-likeness (QED) is 0.741. The lowest BCUT2D eigenvalue weighted by Gasteiger charge is -2.29. The molecule has 4 radical (unpaired) electrons. The van der Waals surface area contributed by atoms with E-state index in [1.165, 1.54) is 35.7 Å². The first-order valence-electron chi connectivity index (χ1n) is 7.14. The molecule has 5 nitrogen and oxygen atoms in total. The number of ether oxygens (including phenoxy) is 1. The molecule has 3 aromatic rings. The number of pyridine rings is 1. The fourth-order valence-electron chi connectivity index (χ4n) is 2.60. The summed E-state index contributed by atoms with van der Waals surface area (Å²) in [6.45, 7) is 1.51. The number of nitrogens with zero attached hydrogens (tertiary/aromatic N) is 2. The molecule has 0 aliphatic rings. The van der Waals surface area contributed by atoms with Crippen LogP contribution in [0.5, 0.6) is 5.75 Å². The smallest absolute Gasteiger partial charge is 0.354 e. The van der Waals surface area contributed by atoms with Gasteiger partial charge < -0.3 is 9.84 Å². The fourth-order valence-corrected chi connectivity index (χ4v) is 2.60. The third kappa shape index (κ3) is 2.86. The molecule has 2 aromatic heterocycles. The van der Waals surface area contributed by atoms with Crippen molar-refractivity contribution in [2.24, 2.45) is 0 Å². The monoisotopic (exact) mass is 338 g/mol. The summed E-state index contributed by atoms with van der Waals surface area (Å²) in [5.74, 6) is -3.15. The Bertz CT molecular complexity index is 969. The van der Waals surface area contributed by atoms with Crippen molar-refractivity contribution >= 4 is 27.3 Å². The summed E-state index contributed by atoms with van der Waals surface area (Å²) >= 11 is 0. The van der Waals surface area contributed by atoms with E-state index in [1.807, 2.05) is 0 Å². The van der Waals surface area contributed by atoms with Gasteiger partial charge in [0.1, 0.15) is 27.3 Å². The van der Waals surface area contributed by atoms with Crippen molar-refractivity contribution in [3.63, 3.8) is 0 Å². The van der Waals surface area contributed by atoms with Gasteiger partial charge in [0.25, 0.3) is 0 Å². The van der Waals surface area contributed by atoms with Crippen molar-refractivity contribution in [1.29, 1.82) is 0 Å². The summed E-state index contributed by atoms with van der Waals surface area (Å²) in [6, 6.07) is 6.06. The second kappa shape index (κ2) is 5.91. The van der Waals surface area contributed by atoms with Crippen molar-refractivity contribution in [2.45, 2.75) is 12.3 Å². The van der Waals surface area contributed by atoms with E-state index in [0.717, 1.165) is 12.1 Å². The molecule has 122 valence electrons. The molecule has 0 saturated carbocycles. The Labute approximate surface area is 144 Å². The Kier molecular flexibility index (Phi) is 4.02. The average molecular weight is 338 g/mol. The van der Waals surface area contributed by atoms with E-state index in [2.05, 4.69) is 4.98 Å². The number of aromatic nitrogens is 2. The van der Waals surface area contributed by atoms with E-state index in [0.29, 0.717) is 0 Å². The number of aryl methyl sites for hydroxylation is 1. The van der Waals surface area contributed by atoms with Crippen LogP contribution in [-0.2, 0) is 5.40 Å². The van der Waals surface area contributed by atoms with Gasteiger partial charge in [-0.25, -0.2) is 18.6 Å². The first kappa shape index (κ1) is 17.0. The van der Waals surface area contributed by atoms with E-state index in [9.17, 15) is 18.7 Å². The Morgan fingerprint density at radius 1 is 1.24 bits per heavy atom. The third-order valence-corrected chi connectivity index (χ3v) is 3.62. The molecule has 25 heavy (non-hydrogen) atoms. The van der Waals surface area contributed by atoms with Crippen molar-refractivity contribution in [3.8, 4) is 5.75 Å². The van der Waals surface area contributed by atoms with Gasteiger partial charge in [-0.15, -0.1) is 0 Å². The molecule has 0 bridgehead atoms. The van der Waals surface area contributed by atoms with Crippen molar-refractivity contribution in [2.75, 3.05) is 0 Å². The van der Waals surface area contributed by atoms with E-state index in [1.54, 1.807) is 0 Å². The van der Waals surface area contributed by atoms with Gasteiger partial charge in [0.2, 0.25) is 0 Å². The molecule has 2 heterocycles. The SMILES string of the molecule is [B]C([B])(Oc1cccn2c(C(=O)O)c(C)nc12)c1c(F)cccc1F. The predicted molar refractivity (Wildman–Crippen MR) is 87.1 cm³/mol. The van der Waals surface area contributed by atoms with Crippen LogP contribution in [0.25, 0.3) is 5.65 Å². The standard InChI is InChI=1S/C16H10B2F2N2O3/c1-8-13(15(23)24)22-7-3-6-11(14(22)21-8)25-16(17,18)12-9(19)4-2-5-10(12)20/h2-7H,1H3,(H,23,24). The first-order valence-corrected chi connectivity index (χ1v) is 7.14. The van der Waals surface area contributed by atoms with Crippen molar-refractivity contribution < 1.29 is 23.4 Å². The van der Waals surface area contributed by atoms with E-state index in [-0.39, 0.29) is 22.8 Å². The van der Waals surface area contributed by atoms with Crippen LogP contribution < -0.4 is 4.74 Å². The van der Waals surface area contributed by atoms with Gasteiger partial charge in [0.15, 0.2) is 17.1 Å². The van der Waals surface area contributed by atoms with Gasteiger partial charge in [-0.3, -0.25) is 4.40 Å². The molecular weight excluding hydrogens is 328 g/mol. The number of halogens is 2. The Morgan fingerprint density at radius 3 is 2.48 bits per heavy atom. The Morgan fingerprint density at radius 2 is 1.88 bits per heavy atom. The van der Waals surface area contributed by atoms with Crippen LogP contribution in [0.1, 0.15) is 21.7 Å². The number of carboxylic acids is 1. The molecular formula is C16H10B2F2N2O3. The number of hydrogen-bond donors (Lipinski definition) is 1. The lowest BCUT2D eigenvalue weighted by Crippen LogP contribution is -2.36. The number of rotatable bonds is 4. The third-order valence-electron chi connectivity index (χ3n) is 3.62. The van der Waals surface area contributed by atoms with Gasteiger partial charge in [-0.2, -0.15) is 0 Å². The molecule has 0 amide bonds. The summed E-state index contributed by atoms with van der Waals surface area (Å²) in [7, 11) is 11.6. The van der Waals surface area contributed by atoms with E-state index >= 15 is 0 Å². The molecule has 0 atom stereocenters. The first-order chi connectivity index (χ1) is 11.7. The maximum atomic E-state index is 14.0. The van der Waals surface area contributed by atoms with Crippen molar-refractivity contribution in [1.82, 2.24) is 9.38 Å². The number of carboxylic acid groups (broad SMARTS) is 1. The maximum Gasteiger partial charge on any atom is 0.354 e. The maximum absolute atomic E-state index is 14.0. The number of hydrogen-bond acceptors (Lipinski definition) is 3. The molecule has 0 aliphatic heterocycles. The molecule has 0 aliphatic carbocycles. The predicted octanol–water partition coefficient (Wildman–Crippen LogP) is 2.15. The highest BCUT2D eigenvalue weighted by molar-refractivity contribution is 6.39. The zero-order valence-electron chi connectivity index (χ0n) is 13.0. The second-order valence-corrected chi connectivity index (χ2v) is 5.41. The van der Waals surface area contributed by atoms with E-state index < -0.39 is 28.6 Å². The fraction of sp³-hybridized carbons (Fsp3) is 0.125. The summed E-state index contributed by atoms with van der Waals surface area (Å²) in [4.78, 5) is 15.5. The van der Waals surface area contributed by atoms with Crippen molar-refractivity contribution in [3.05, 3.63) is 65.1 Å². The highest BCUT2D eigenvalue weighted by atomic mass is 19.1. The molecule has 1 N–H and O–H groups in total. The van der Waals surface area contributed by atoms with Crippen LogP contribution in [0, 0.1) is 18.6 Å². The molecule has 9 heteroatoms. The number of aromatic carboxylic acids is 1. The number of benzene rings is 1. The summed E-state index contributed by atoms with van der Waals surface area (Å²) in [5.41, 5.74) is -0.384.